The Morgan fingerprint density at radius 2 is 2.07 bits per heavy atom. The third kappa shape index (κ3) is 3.22. The largest absolute Gasteiger partial charge is 0.445 e. The lowest BCUT2D eigenvalue weighted by Crippen LogP contribution is -2.15. The van der Waals surface area contributed by atoms with E-state index in [-0.39, 0.29) is 0 Å². The van der Waals surface area contributed by atoms with Gasteiger partial charge in [0, 0.05) is 13.0 Å². The molecule has 80 valence electrons. The van der Waals surface area contributed by atoms with Crippen LogP contribution in [0.2, 0.25) is 0 Å². The van der Waals surface area contributed by atoms with Crippen LogP contribution in [0.4, 0.5) is 13.2 Å². The van der Waals surface area contributed by atoms with Crippen molar-refractivity contribution in [1.82, 2.24) is 15.5 Å². The predicted molar refractivity (Wildman–Crippen MR) is 47.2 cm³/mol. The van der Waals surface area contributed by atoms with E-state index in [1.807, 2.05) is 6.92 Å². The van der Waals surface area contributed by atoms with E-state index >= 15 is 0 Å². The lowest BCUT2D eigenvalue weighted by atomic mass is 10.4. The van der Waals surface area contributed by atoms with Gasteiger partial charge in [-0.1, -0.05) is 18.3 Å². The van der Waals surface area contributed by atoms with Crippen LogP contribution in [0, 0.1) is 0 Å². The fourth-order valence-electron chi connectivity index (χ4n) is 0.841. The van der Waals surface area contributed by atoms with Crippen molar-refractivity contribution >= 4 is 11.3 Å². The molecule has 0 aromatic carbocycles. The van der Waals surface area contributed by atoms with Gasteiger partial charge in [-0.25, -0.2) is 0 Å². The smallest absolute Gasteiger partial charge is 0.317 e. The number of halogens is 3. The molecule has 0 saturated heterocycles. The lowest BCUT2D eigenvalue weighted by Gasteiger charge is -1.98. The summed E-state index contributed by atoms with van der Waals surface area (Å²) in [4.78, 5) is 0. The monoisotopic (exact) mass is 225 g/mol. The minimum Gasteiger partial charge on any atom is -0.317 e. The van der Waals surface area contributed by atoms with Gasteiger partial charge < -0.3 is 5.32 Å². The molecule has 0 aliphatic carbocycles. The van der Waals surface area contributed by atoms with Crippen LogP contribution in [0.15, 0.2) is 0 Å². The third-order valence-electron chi connectivity index (χ3n) is 1.47. The molecule has 0 amide bonds. The van der Waals surface area contributed by atoms with E-state index in [4.69, 9.17) is 0 Å². The predicted octanol–water partition coefficient (Wildman–Crippen LogP) is 1.71. The van der Waals surface area contributed by atoms with Gasteiger partial charge >= 0.3 is 6.18 Å². The Labute approximate surface area is 83.4 Å². The summed E-state index contributed by atoms with van der Waals surface area (Å²) in [7, 11) is 0. The molecule has 1 rings (SSSR count). The van der Waals surface area contributed by atoms with Gasteiger partial charge in [-0.05, 0) is 6.54 Å². The molecule has 0 radical (unpaired) electrons. The maximum absolute atomic E-state index is 12.1. The van der Waals surface area contributed by atoms with Crippen molar-refractivity contribution in [2.45, 2.75) is 19.5 Å². The number of likely N-dealkylation sites (N-methyl/N-ethyl adjacent to an activating group) is 1. The molecule has 0 saturated carbocycles. The zero-order valence-corrected chi connectivity index (χ0v) is 8.37. The summed E-state index contributed by atoms with van der Waals surface area (Å²) >= 11 is 0.603. The molecular weight excluding hydrogens is 215 g/mol. The highest BCUT2D eigenvalue weighted by Crippen LogP contribution is 2.31. The molecule has 0 atom stereocenters. The van der Waals surface area contributed by atoms with Crippen molar-refractivity contribution in [2.75, 3.05) is 13.1 Å². The van der Waals surface area contributed by atoms with Crippen LogP contribution >= 0.6 is 11.3 Å². The molecular formula is C7H10F3N3S. The molecule has 0 bridgehead atoms. The highest BCUT2D eigenvalue weighted by molar-refractivity contribution is 7.11. The van der Waals surface area contributed by atoms with Crippen molar-refractivity contribution in [3.05, 3.63) is 10.0 Å². The number of rotatable bonds is 4. The van der Waals surface area contributed by atoms with Gasteiger partial charge in [-0.2, -0.15) is 13.2 Å². The molecule has 1 aromatic rings. The first-order valence-corrected chi connectivity index (χ1v) is 4.96. The molecule has 1 aromatic heterocycles. The summed E-state index contributed by atoms with van der Waals surface area (Å²) in [6.45, 7) is 3.36. The molecule has 0 aliphatic heterocycles. The van der Waals surface area contributed by atoms with Crippen LogP contribution in [0.1, 0.15) is 16.9 Å². The van der Waals surface area contributed by atoms with E-state index in [0.29, 0.717) is 29.3 Å². The topological polar surface area (TPSA) is 37.8 Å². The maximum atomic E-state index is 12.1. The fourth-order valence-corrected chi connectivity index (χ4v) is 1.55. The van der Waals surface area contributed by atoms with Gasteiger partial charge in [0.1, 0.15) is 5.01 Å². The second-order valence-electron chi connectivity index (χ2n) is 2.60. The van der Waals surface area contributed by atoms with Gasteiger partial charge in [0.25, 0.3) is 0 Å². The van der Waals surface area contributed by atoms with Crippen LogP contribution in [-0.4, -0.2) is 23.3 Å². The van der Waals surface area contributed by atoms with E-state index in [0.717, 1.165) is 6.54 Å². The van der Waals surface area contributed by atoms with E-state index in [9.17, 15) is 13.2 Å². The molecule has 0 fully saturated rings. The van der Waals surface area contributed by atoms with Crippen molar-refractivity contribution in [1.29, 1.82) is 0 Å². The van der Waals surface area contributed by atoms with Crippen LogP contribution in [0.25, 0.3) is 0 Å². The van der Waals surface area contributed by atoms with Crippen molar-refractivity contribution in [2.24, 2.45) is 0 Å². The first kappa shape index (κ1) is 11.4. The Hall–Kier alpha value is -0.690. The van der Waals surface area contributed by atoms with Crippen molar-refractivity contribution < 1.29 is 13.2 Å². The second kappa shape index (κ2) is 4.70. The summed E-state index contributed by atoms with van der Waals surface area (Å²) in [6.07, 6.45) is -3.88. The Morgan fingerprint density at radius 3 is 2.57 bits per heavy atom. The van der Waals surface area contributed by atoms with Crippen LogP contribution < -0.4 is 5.32 Å². The maximum Gasteiger partial charge on any atom is 0.445 e. The van der Waals surface area contributed by atoms with Gasteiger partial charge in [0.15, 0.2) is 0 Å². The summed E-state index contributed by atoms with van der Waals surface area (Å²) < 4.78 is 36.2. The van der Waals surface area contributed by atoms with Crippen molar-refractivity contribution in [3.63, 3.8) is 0 Å². The lowest BCUT2D eigenvalue weighted by molar-refractivity contribution is -0.138. The number of alkyl halides is 3. The van der Waals surface area contributed by atoms with Gasteiger partial charge in [0.2, 0.25) is 5.01 Å². The summed E-state index contributed by atoms with van der Waals surface area (Å²) in [5.74, 6) is 0. The molecule has 0 unspecified atom stereocenters. The summed E-state index contributed by atoms with van der Waals surface area (Å²) in [5, 5.41) is 9.09. The normalized spacial score (nSPS) is 12.0. The molecule has 0 spiro atoms. The zero-order valence-electron chi connectivity index (χ0n) is 7.56. The SMILES string of the molecule is CCNCCc1nnc(C(F)(F)F)s1. The van der Waals surface area contributed by atoms with Crippen LogP contribution in [-0.2, 0) is 12.6 Å². The van der Waals surface area contributed by atoms with Crippen LogP contribution in [0.3, 0.4) is 0 Å². The Kier molecular flexibility index (Phi) is 3.82. The Morgan fingerprint density at radius 1 is 1.36 bits per heavy atom. The molecule has 3 nitrogen and oxygen atoms in total. The molecule has 1 heterocycles. The number of nitrogens with one attached hydrogen (secondary N) is 1. The first-order valence-electron chi connectivity index (χ1n) is 4.14. The van der Waals surface area contributed by atoms with Gasteiger partial charge in [0.05, 0.1) is 0 Å². The van der Waals surface area contributed by atoms with Crippen LogP contribution in [0.5, 0.6) is 0 Å². The minimum absolute atomic E-state index is 0.415. The quantitative estimate of drug-likeness (QED) is 0.793. The van der Waals surface area contributed by atoms with Gasteiger partial charge in [-0.3, -0.25) is 0 Å². The number of nitrogens with zero attached hydrogens (tertiary/aromatic N) is 2. The van der Waals surface area contributed by atoms with Gasteiger partial charge in [-0.15, -0.1) is 10.2 Å². The van der Waals surface area contributed by atoms with Crippen molar-refractivity contribution in [3.8, 4) is 0 Å². The first-order chi connectivity index (χ1) is 6.54. The standard InChI is InChI=1S/C7H10F3N3S/c1-2-11-4-3-5-12-13-6(14-5)7(8,9)10/h11H,2-4H2,1H3. The Balaban J connectivity index is 2.51. The summed E-state index contributed by atoms with van der Waals surface area (Å²) in [6, 6.07) is 0. The average molecular weight is 225 g/mol. The fraction of sp³-hybridized carbons (Fsp3) is 0.714. The average Bonchev–Trinajstić information content (AvgIpc) is 2.52. The molecule has 1 N–H and O–H groups in total. The Bertz CT molecular complexity index is 284. The highest BCUT2D eigenvalue weighted by atomic mass is 32.1. The third-order valence-corrected chi connectivity index (χ3v) is 2.50. The zero-order chi connectivity index (χ0) is 10.6. The van der Waals surface area contributed by atoms with E-state index < -0.39 is 11.2 Å². The number of hydrogen-bond donors (Lipinski definition) is 1. The van der Waals surface area contributed by atoms with E-state index in [1.165, 1.54) is 0 Å². The second-order valence-corrected chi connectivity index (χ2v) is 3.66. The highest BCUT2D eigenvalue weighted by Gasteiger charge is 2.35. The van der Waals surface area contributed by atoms with E-state index in [2.05, 4.69) is 15.5 Å². The summed E-state index contributed by atoms with van der Waals surface area (Å²) in [5.41, 5.74) is 0. The van der Waals surface area contributed by atoms with E-state index in [1.54, 1.807) is 0 Å². The number of hydrogen-bond acceptors (Lipinski definition) is 4. The molecule has 7 heteroatoms. The molecule has 0 aliphatic rings. The number of aromatic nitrogens is 2. The molecule has 14 heavy (non-hydrogen) atoms. The minimum atomic E-state index is -4.37.